The fourth-order valence-electron chi connectivity index (χ4n) is 4.08. The van der Waals surface area contributed by atoms with Crippen LogP contribution in [0.25, 0.3) is 0 Å². The fraction of sp³-hybridized carbons (Fsp3) is 0.292. The number of benzene rings is 2. The third-order valence-electron chi connectivity index (χ3n) is 5.65. The summed E-state index contributed by atoms with van der Waals surface area (Å²) in [4.78, 5) is 15.2. The molecule has 1 amide bonds. The van der Waals surface area contributed by atoms with Crippen LogP contribution < -0.4 is 4.90 Å². The number of hydrogen-bond donors (Lipinski definition) is 0. The van der Waals surface area contributed by atoms with E-state index in [0.717, 1.165) is 28.2 Å². The lowest BCUT2D eigenvalue weighted by Gasteiger charge is -2.20. The van der Waals surface area contributed by atoms with Gasteiger partial charge in [0.05, 0.1) is 12.2 Å². The molecule has 0 bridgehead atoms. The minimum atomic E-state index is -0.518. The number of aryl methyl sites for hydroxylation is 2. The molecule has 144 valence electrons. The lowest BCUT2D eigenvalue weighted by atomic mass is 10.0. The molecule has 3 aromatic rings. The molecule has 0 fully saturated rings. The van der Waals surface area contributed by atoms with Crippen LogP contribution >= 0.6 is 0 Å². The van der Waals surface area contributed by atoms with Gasteiger partial charge in [0.25, 0.3) is 5.91 Å². The van der Waals surface area contributed by atoms with Gasteiger partial charge < -0.3 is 9.47 Å². The Balaban J connectivity index is 1.74. The smallest absolute Gasteiger partial charge is 0.255 e. The van der Waals surface area contributed by atoms with E-state index in [1.54, 1.807) is 11.0 Å². The third-order valence-corrected chi connectivity index (χ3v) is 5.65. The highest BCUT2D eigenvalue weighted by molar-refractivity contribution is 6.05. The molecule has 3 nitrogen and oxygen atoms in total. The Hall–Kier alpha value is -2.88. The van der Waals surface area contributed by atoms with E-state index in [0.29, 0.717) is 12.5 Å². The van der Waals surface area contributed by atoms with E-state index < -0.39 is 6.04 Å². The summed E-state index contributed by atoms with van der Waals surface area (Å²) < 4.78 is 16.0. The van der Waals surface area contributed by atoms with Crippen molar-refractivity contribution >= 4 is 11.6 Å². The molecule has 0 aliphatic carbocycles. The second-order valence-electron chi connectivity index (χ2n) is 7.91. The molecule has 0 saturated carbocycles. The van der Waals surface area contributed by atoms with E-state index in [-0.39, 0.29) is 11.7 Å². The summed E-state index contributed by atoms with van der Waals surface area (Å²) in [6, 6.07) is 16.5. The predicted octanol–water partition coefficient (Wildman–Crippen LogP) is 5.50. The molecular weight excluding hydrogens is 351 g/mol. The second-order valence-corrected chi connectivity index (χ2v) is 7.91. The van der Waals surface area contributed by atoms with Crippen LogP contribution in [-0.2, 0) is 11.3 Å². The maximum absolute atomic E-state index is 14.0. The summed E-state index contributed by atoms with van der Waals surface area (Å²) in [6.07, 6.45) is 0. The topological polar surface area (TPSA) is 25.2 Å². The lowest BCUT2D eigenvalue weighted by Crippen LogP contribution is -2.31. The van der Waals surface area contributed by atoms with Crippen molar-refractivity contribution in [2.75, 3.05) is 4.90 Å². The fourth-order valence-corrected chi connectivity index (χ4v) is 4.08. The van der Waals surface area contributed by atoms with Crippen LogP contribution in [0.4, 0.5) is 10.1 Å². The average molecular weight is 376 g/mol. The van der Waals surface area contributed by atoms with Gasteiger partial charge in [-0.2, -0.15) is 0 Å². The average Bonchev–Trinajstić information content (AvgIpc) is 3.12. The normalized spacial score (nSPS) is 16.1. The number of fused-ring (bicyclic) bond motifs is 1. The number of carbonyl (C=O) groups is 1. The Kier molecular flexibility index (Phi) is 4.58. The van der Waals surface area contributed by atoms with Gasteiger partial charge >= 0.3 is 0 Å². The van der Waals surface area contributed by atoms with E-state index in [9.17, 15) is 9.18 Å². The largest absolute Gasteiger partial charge is 0.333 e. The van der Waals surface area contributed by atoms with Gasteiger partial charge in [0.15, 0.2) is 0 Å². The molecular formula is C24H25FN2O. The monoisotopic (exact) mass is 376 g/mol. The zero-order valence-corrected chi connectivity index (χ0v) is 16.7. The third kappa shape index (κ3) is 3.03. The molecule has 2 heterocycles. The van der Waals surface area contributed by atoms with Gasteiger partial charge in [-0.15, -0.1) is 0 Å². The van der Waals surface area contributed by atoms with Gasteiger partial charge in [-0.25, -0.2) is 4.39 Å². The first-order valence-electron chi connectivity index (χ1n) is 9.71. The van der Waals surface area contributed by atoms with Crippen LogP contribution in [0.1, 0.15) is 53.9 Å². The van der Waals surface area contributed by atoms with E-state index >= 15 is 0 Å². The molecule has 28 heavy (non-hydrogen) atoms. The molecule has 1 aromatic heterocycles. The number of aromatic nitrogens is 1. The molecule has 0 saturated heterocycles. The van der Waals surface area contributed by atoms with Gasteiger partial charge in [-0.3, -0.25) is 4.79 Å². The Morgan fingerprint density at radius 3 is 2.21 bits per heavy atom. The van der Waals surface area contributed by atoms with Crippen LogP contribution in [0.5, 0.6) is 0 Å². The molecule has 0 spiro atoms. The van der Waals surface area contributed by atoms with Crippen LogP contribution in [0.3, 0.4) is 0 Å². The molecule has 1 unspecified atom stereocenters. The van der Waals surface area contributed by atoms with Gasteiger partial charge in [0.1, 0.15) is 11.9 Å². The van der Waals surface area contributed by atoms with Crippen molar-refractivity contribution in [3.05, 3.63) is 88.5 Å². The number of carbonyl (C=O) groups excluding carboxylic acids is 1. The van der Waals surface area contributed by atoms with Crippen LogP contribution in [0.2, 0.25) is 0 Å². The SMILES string of the molecule is Cc1ccc(C)n1C1C(=O)N(Cc2ccc(C(C)C)cc2)c2ccc(F)cc21. The minimum Gasteiger partial charge on any atom is -0.333 e. The number of amides is 1. The molecule has 1 atom stereocenters. The first-order valence-corrected chi connectivity index (χ1v) is 9.71. The zero-order valence-electron chi connectivity index (χ0n) is 16.7. The molecule has 1 aliphatic heterocycles. The van der Waals surface area contributed by atoms with Crippen molar-refractivity contribution in [1.82, 2.24) is 4.57 Å². The summed E-state index contributed by atoms with van der Waals surface area (Å²) >= 11 is 0. The van der Waals surface area contributed by atoms with Crippen LogP contribution in [0.15, 0.2) is 54.6 Å². The standard InChI is InChI=1S/C24H25FN2O/c1-15(2)19-9-7-18(8-10-19)14-26-22-12-11-20(25)13-21(22)23(24(26)28)27-16(3)5-6-17(27)4/h5-13,15,23H,14H2,1-4H3. The Bertz CT molecular complexity index is 1010. The minimum absolute atomic E-state index is 0.0177. The lowest BCUT2D eigenvalue weighted by molar-refractivity contribution is -0.120. The van der Waals surface area contributed by atoms with Gasteiger partial charge in [-0.05, 0) is 61.2 Å². The maximum Gasteiger partial charge on any atom is 0.255 e. The number of nitrogens with zero attached hydrogens (tertiary/aromatic N) is 2. The zero-order chi connectivity index (χ0) is 20.0. The Morgan fingerprint density at radius 2 is 1.61 bits per heavy atom. The first-order chi connectivity index (χ1) is 13.4. The summed E-state index contributed by atoms with van der Waals surface area (Å²) in [7, 11) is 0. The molecule has 0 N–H and O–H groups in total. The van der Waals surface area contributed by atoms with E-state index in [1.807, 2.05) is 30.5 Å². The molecule has 0 radical (unpaired) electrons. The molecule has 4 heteroatoms. The van der Waals surface area contributed by atoms with Crippen molar-refractivity contribution < 1.29 is 9.18 Å². The first kappa shape index (κ1) is 18.5. The van der Waals surface area contributed by atoms with E-state index in [2.05, 4.69) is 38.1 Å². The van der Waals surface area contributed by atoms with Gasteiger partial charge in [0, 0.05) is 17.0 Å². The highest BCUT2D eigenvalue weighted by Gasteiger charge is 2.39. The van der Waals surface area contributed by atoms with Crippen LogP contribution in [0, 0.1) is 19.7 Å². The number of hydrogen-bond acceptors (Lipinski definition) is 1. The summed E-state index contributed by atoms with van der Waals surface area (Å²) in [6.45, 7) is 8.76. The van der Waals surface area contributed by atoms with Crippen molar-refractivity contribution in [3.63, 3.8) is 0 Å². The van der Waals surface area contributed by atoms with Crippen molar-refractivity contribution in [2.45, 2.75) is 46.2 Å². The highest BCUT2D eigenvalue weighted by Crippen LogP contribution is 2.41. The summed E-state index contributed by atoms with van der Waals surface area (Å²) in [5.41, 5.74) is 5.84. The van der Waals surface area contributed by atoms with Gasteiger partial charge in [-0.1, -0.05) is 38.1 Å². The number of anilines is 1. The molecule has 4 rings (SSSR count). The van der Waals surface area contributed by atoms with Gasteiger partial charge in [0.2, 0.25) is 0 Å². The second kappa shape index (κ2) is 6.93. The Labute approximate surface area is 165 Å². The summed E-state index contributed by atoms with van der Waals surface area (Å²) in [5, 5.41) is 0. The van der Waals surface area contributed by atoms with Crippen LogP contribution in [-0.4, -0.2) is 10.5 Å². The highest BCUT2D eigenvalue weighted by atomic mass is 19.1. The predicted molar refractivity (Wildman–Crippen MR) is 110 cm³/mol. The quantitative estimate of drug-likeness (QED) is 0.590. The molecule has 1 aliphatic rings. The Morgan fingerprint density at radius 1 is 0.964 bits per heavy atom. The van der Waals surface area contributed by atoms with E-state index in [4.69, 9.17) is 0 Å². The molecule has 2 aromatic carbocycles. The van der Waals surface area contributed by atoms with Crippen molar-refractivity contribution in [1.29, 1.82) is 0 Å². The number of rotatable bonds is 4. The van der Waals surface area contributed by atoms with Crippen molar-refractivity contribution in [3.8, 4) is 0 Å². The van der Waals surface area contributed by atoms with E-state index in [1.165, 1.54) is 17.7 Å². The number of halogens is 1. The van der Waals surface area contributed by atoms with Crippen molar-refractivity contribution in [2.24, 2.45) is 0 Å². The maximum atomic E-state index is 14.0. The summed E-state index contributed by atoms with van der Waals surface area (Å²) in [5.74, 6) is 0.133.